The summed E-state index contributed by atoms with van der Waals surface area (Å²) in [4.78, 5) is 18.5. The zero-order valence-electron chi connectivity index (χ0n) is 10.3. The number of carboxylic acids is 1. The highest BCUT2D eigenvalue weighted by Crippen LogP contribution is 2.25. The van der Waals surface area contributed by atoms with Crippen LogP contribution in [0.3, 0.4) is 0 Å². The van der Waals surface area contributed by atoms with Crippen molar-refractivity contribution in [1.82, 2.24) is 9.97 Å². The summed E-state index contributed by atoms with van der Waals surface area (Å²) >= 11 is 0. The van der Waals surface area contributed by atoms with Crippen molar-refractivity contribution in [2.75, 3.05) is 0 Å². The van der Waals surface area contributed by atoms with Crippen LogP contribution in [0.2, 0.25) is 0 Å². The van der Waals surface area contributed by atoms with Crippen LogP contribution in [0, 0.1) is 0 Å². The number of hydrogen-bond acceptors (Lipinski definition) is 3. The number of aromatic nitrogens is 2. The Balaban J connectivity index is 2.14. The predicted molar refractivity (Wildman–Crippen MR) is 70.1 cm³/mol. The Kier molecular flexibility index (Phi) is 2.59. The Morgan fingerprint density at radius 3 is 3.00 bits per heavy atom. The molecule has 1 aromatic carbocycles. The number of aromatic amines is 1. The van der Waals surface area contributed by atoms with E-state index in [1.54, 1.807) is 24.5 Å². The van der Waals surface area contributed by atoms with Crippen molar-refractivity contribution in [3.63, 3.8) is 0 Å². The first-order chi connectivity index (χ1) is 9.19. The minimum absolute atomic E-state index is 0.241. The molecule has 0 atom stereocenters. The highest BCUT2D eigenvalue weighted by molar-refractivity contribution is 5.93. The monoisotopic (exact) mass is 256 g/mol. The zero-order chi connectivity index (χ0) is 13.4. The molecule has 3 rings (SSSR count). The molecular formula is C14H12N2O3. The van der Waals surface area contributed by atoms with Gasteiger partial charge in [-0.2, -0.15) is 0 Å². The second kappa shape index (κ2) is 4.28. The van der Waals surface area contributed by atoms with Crippen LogP contribution >= 0.6 is 0 Å². The molecule has 2 N–H and O–H groups in total. The number of nitrogens with one attached hydrogen (secondary N) is 1. The third-order valence-corrected chi connectivity index (χ3v) is 3.05. The Bertz CT molecular complexity index is 755. The van der Waals surface area contributed by atoms with Crippen LogP contribution in [0.15, 0.2) is 34.9 Å². The standard InChI is InChI=1S/C14H12N2O3/c1-2-12-9(5-6-19-12)13-15-10-4-3-8(14(17)18)7-11(10)16-13/h3-7H,2H2,1H3,(H,15,16)(H,17,18). The average Bonchev–Trinajstić information content (AvgIpc) is 3.03. The molecule has 0 fully saturated rings. The Morgan fingerprint density at radius 1 is 1.42 bits per heavy atom. The average molecular weight is 256 g/mol. The summed E-state index contributed by atoms with van der Waals surface area (Å²) < 4.78 is 5.37. The molecule has 0 aliphatic carbocycles. The van der Waals surface area contributed by atoms with Crippen LogP contribution in [0.25, 0.3) is 22.4 Å². The van der Waals surface area contributed by atoms with Gasteiger partial charge in [-0.1, -0.05) is 6.92 Å². The van der Waals surface area contributed by atoms with Crippen molar-refractivity contribution >= 4 is 17.0 Å². The Hall–Kier alpha value is -2.56. The number of carboxylic acid groups (broad SMARTS) is 1. The number of hydrogen-bond donors (Lipinski definition) is 2. The topological polar surface area (TPSA) is 79.1 Å². The number of benzene rings is 1. The smallest absolute Gasteiger partial charge is 0.335 e. The van der Waals surface area contributed by atoms with Crippen molar-refractivity contribution < 1.29 is 14.3 Å². The number of H-pyrrole nitrogens is 1. The summed E-state index contributed by atoms with van der Waals surface area (Å²) in [5.41, 5.74) is 2.60. The van der Waals surface area contributed by atoms with Gasteiger partial charge >= 0.3 is 5.97 Å². The van der Waals surface area contributed by atoms with Gasteiger partial charge in [0.2, 0.25) is 0 Å². The maximum Gasteiger partial charge on any atom is 0.335 e. The van der Waals surface area contributed by atoms with E-state index in [1.165, 1.54) is 0 Å². The molecule has 0 bridgehead atoms. The first-order valence-electron chi connectivity index (χ1n) is 5.99. The largest absolute Gasteiger partial charge is 0.478 e. The van der Waals surface area contributed by atoms with Gasteiger partial charge in [0.1, 0.15) is 11.6 Å². The second-order valence-corrected chi connectivity index (χ2v) is 4.23. The number of aromatic carboxylic acids is 1. The number of fused-ring (bicyclic) bond motifs is 1. The quantitative estimate of drug-likeness (QED) is 0.754. The van der Waals surface area contributed by atoms with E-state index in [1.807, 2.05) is 13.0 Å². The molecule has 0 saturated carbocycles. The normalized spacial score (nSPS) is 11.0. The minimum atomic E-state index is -0.949. The summed E-state index contributed by atoms with van der Waals surface area (Å²) in [5, 5.41) is 8.97. The maximum absolute atomic E-state index is 10.9. The van der Waals surface area contributed by atoms with Crippen LogP contribution in [0.1, 0.15) is 23.0 Å². The van der Waals surface area contributed by atoms with Crippen molar-refractivity contribution in [2.24, 2.45) is 0 Å². The van der Waals surface area contributed by atoms with Gasteiger partial charge in [-0.05, 0) is 24.3 Å². The number of nitrogens with zero attached hydrogens (tertiary/aromatic N) is 1. The van der Waals surface area contributed by atoms with Gasteiger partial charge in [0, 0.05) is 6.42 Å². The first kappa shape index (κ1) is 11.5. The molecule has 3 aromatic rings. The van der Waals surface area contributed by atoms with Crippen LogP contribution in [-0.4, -0.2) is 21.0 Å². The lowest BCUT2D eigenvalue weighted by molar-refractivity contribution is 0.0697. The molecule has 0 saturated heterocycles. The number of aryl methyl sites for hydroxylation is 1. The molecule has 0 spiro atoms. The molecule has 0 aliphatic rings. The SMILES string of the molecule is CCc1occc1-c1nc2ccc(C(=O)O)cc2[nH]1. The molecule has 2 aromatic heterocycles. The fourth-order valence-corrected chi connectivity index (χ4v) is 2.10. The number of carbonyl (C=O) groups is 1. The molecule has 0 aliphatic heterocycles. The van der Waals surface area contributed by atoms with Crippen LogP contribution in [0.5, 0.6) is 0 Å². The summed E-state index contributed by atoms with van der Waals surface area (Å²) in [7, 11) is 0. The van der Waals surface area contributed by atoms with Crippen molar-refractivity contribution in [2.45, 2.75) is 13.3 Å². The molecule has 0 amide bonds. The summed E-state index contributed by atoms with van der Waals surface area (Å²) in [6.07, 6.45) is 2.41. The van der Waals surface area contributed by atoms with Gasteiger partial charge in [-0.15, -0.1) is 0 Å². The number of imidazole rings is 1. The van der Waals surface area contributed by atoms with E-state index in [-0.39, 0.29) is 5.56 Å². The molecule has 2 heterocycles. The Labute approximate surface area is 108 Å². The first-order valence-corrected chi connectivity index (χ1v) is 5.99. The summed E-state index contributed by atoms with van der Waals surface area (Å²) in [6, 6.07) is 6.68. The molecule has 96 valence electrons. The molecule has 5 nitrogen and oxygen atoms in total. The zero-order valence-corrected chi connectivity index (χ0v) is 10.3. The van der Waals surface area contributed by atoms with Crippen LogP contribution in [-0.2, 0) is 6.42 Å². The van der Waals surface area contributed by atoms with Gasteiger partial charge in [-0.25, -0.2) is 9.78 Å². The van der Waals surface area contributed by atoms with Gasteiger partial charge in [0.05, 0.1) is 28.4 Å². The van der Waals surface area contributed by atoms with Crippen LogP contribution < -0.4 is 0 Å². The van der Waals surface area contributed by atoms with E-state index in [0.717, 1.165) is 23.3 Å². The third-order valence-electron chi connectivity index (χ3n) is 3.05. The van der Waals surface area contributed by atoms with E-state index in [2.05, 4.69) is 9.97 Å². The van der Waals surface area contributed by atoms with E-state index in [0.29, 0.717) is 11.3 Å². The minimum Gasteiger partial charge on any atom is -0.478 e. The lowest BCUT2D eigenvalue weighted by Crippen LogP contribution is -1.94. The molecule has 0 unspecified atom stereocenters. The highest BCUT2D eigenvalue weighted by atomic mass is 16.4. The summed E-state index contributed by atoms with van der Waals surface area (Å²) in [5.74, 6) is 0.608. The lowest BCUT2D eigenvalue weighted by Gasteiger charge is -1.94. The second-order valence-electron chi connectivity index (χ2n) is 4.23. The van der Waals surface area contributed by atoms with E-state index in [4.69, 9.17) is 9.52 Å². The van der Waals surface area contributed by atoms with Crippen molar-refractivity contribution in [3.05, 3.63) is 41.9 Å². The van der Waals surface area contributed by atoms with Crippen molar-refractivity contribution in [3.8, 4) is 11.4 Å². The summed E-state index contributed by atoms with van der Waals surface area (Å²) in [6.45, 7) is 2.01. The molecule has 0 radical (unpaired) electrons. The number of furan rings is 1. The predicted octanol–water partition coefficient (Wildman–Crippen LogP) is 3.08. The maximum atomic E-state index is 10.9. The molecule has 5 heteroatoms. The Morgan fingerprint density at radius 2 is 2.26 bits per heavy atom. The third kappa shape index (κ3) is 1.89. The number of rotatable bonds is 3. The highest BCUT2D eigenvalue weighted by Gasteiger charge is 2.12. The van der Waals surface area contributed by atoms with E-state index >= 15 is 0 Å². The van der Waals surface area contributed by atoms with Crippen molar-refractivity contribution in [1.29, 1.82) is 0 Å². The lowest BCUT2D eigenvalue weighted by atomic mass is 10.2. The fraction of sp³-hybridized carbons (Fsp3) is 0.143. The van der Waals surface area contributed by atoms with E-state index < -0.39 is 5.97 Å². The van der Waals surface area contributed by atoms with Crippen LogP contribution in [0.4, 0.5) is 0 Å². The van der Waals surface area contributed by atoms with Gasteiger partial charge < -0.3 is 14.5 Å². The van der Waals surface area contributed by atoms with Gasteiger partial charge in [-0.3, -0.25) is 0 Å². The molecule has 19 heavy (non-hydrogen) atoms. The van der Waals surface area contributed by atoms with E-state index in [9.17, 15) is 4.79 Å². The van der Waals surface area contributed by atoms with Gasteiger partial charge in [0.25, 0.3) is 0 Å². The van der Waals surface area contributed by atoms with Gasteiger partial charge in [0.15, 0.2) is 0 Å². The fourth-order valence-electron chi connectivity index (χ4n) is 2.10. The molecular weight excluding hydrogens is 244 g/mol.